The van der Waals surface area contributed by atoms with Crippen LogP contribution in [0.15, 0.2) is 66.0 Å². The summed E-state index contributed by atoms with van der Waals surface area (Å²) < 4.78 is 5.68. The maximum atomic E-state index is 12.3. The summed E-state index contributed by atoms with van der Waals surface area (Å²) in [6, 6.07) is 18.2. The van der Waals surface area contributed by atoms with Gasteiger partial charge < -0.3 is 10.1 Å². The van der Waals surface area contributed by atoms with Crippen molar-refractivity contribution in [3.63, 3.8) is 0 Å². The zero-order chi connectivity index (χ0) is 17.6. The number of benzene rings is 2. The molecule has 0 saturated heterocycles. The predicted octanol–water partition coefficient (Wildman–Crippen LogP) is 4.78. The molecule has 0 fully saturated rings. The van der Waals surface area contributed by atoms with Gasteiger partial charge in [-0.25, -0.2) is 0 Å². The molecule has 0 aliphatic heterocycles. The van der Waals surface area contributed by atoms with Crippen LogP contribution in [-0.4, -0.2) is 11.7 Å². The molecule has 0 atom stereocenters. The second-order valence-corrected chi connectivity index (χ2v) is 6.42. The Hall–Kier alpha value is -2.92. The molecule has 3 rings (SSSR count). The van der Waals surface area contributed by atoms with Crippen molar-refractivity contribution < 1.29 is 14.3 Å². The third-order valence-corrected chi connectivity index (χ3v) is 4.55. The number of anilines is 1. The Bertz CT molecular complexity index is 869. The molecule has 0 radical (unpaired) electrons. The molecule has 1 heterocycles. The number of hydrogen-bond acceptors (Lipinski definition) is 4. The van der Waals surface area contributed by atoms with E-state index in [1.807, 2.05) is 41.8 Å². The Morgan fingerprint density at radius 3 is 2.44 bits per heavy atom. The number of Topliss-reactive ketones (excluding diaryl/α,β-unsaturated/α-hetero) is 1. The Labute approximate surface area is 150 Å². The van der Waals surface area contributed by atoms with E-state index in [9.17, 15) is 9.59 Å². The molecule has 4 nitrogen and oxygen atoms in total. The topological polar surface area (TPSA) is 55.4 Å². The van der Waals surface area contributed by atoms with Gasteiger partial charge in [-0.1, -0.05) is 18.2 Å². The van der Waals surface area contributed by atoms with Crippen molar-refractivity contribution in [2.24, 2.45) is 0 Å². The quantitative estimate of drug-likeness (QED) is 0.650. The first-order chi connectivity index (χ1) is 12.1. The second-order valence-electron chi connectivity index (χ2n) is 5.51. The number of para-hydroxylation sites is 1. The first kappa shape index (κ1) is 16.9. The van der Waals surface area contributed by atoms with Gasteiger partial charge in [-0.15, -0.1) is 11.3 Å². The number of carbonyl (C=O) groups excluding carboxylic acids is 2. The molecular weight excluding hydrogens is 334 g/mol. The first-order valence-corrected chi connectivity index (χ1v) is 8.67. The fourth-order valence-corrected chi connectivity index (χ4v) is 3.03. The van der Waals surface area contributed by atoms with E-state index < -0.39 is 0 Å². The molecule has 0 saturated carbocycles. The van der Waals surface area contributed by atoms with Crippen molar-refractivity contribution in [1.29, 1.82) is 0 Å². The third kappa shape index (κ3) is 4.55. The van der Waals surface area contributed by atoms with Gasteiger partial charge in [0.2, 0.25) is 0 Å². The Morgan fingerprint density at radius 2 is 1.76 bits per heavy atom. The van der Waals surface area contributed by atoms with Crippen LogP contribution in [0.3, 0.4) is 0 Å². The highest BCUT2D eigenvalue weighted by molar-refractivity contribution is 7.12. The van der Waals surface area contributed by atoms with Gasteiger partial charge in [0.05, 0.1) is 4.88 Å². The molecule has 0 aliphatic rings. The van der Waals surface area contributed by atoms with Crippen LogP contribution in [-0.2, 0) is 6.61 Å². The van der Waals surface area contributed by atoms with Crippen LogP contribution >= 0.6 is 11.3 Å². The van der Waals surface area contributed by atoms with Crippen LogP contribution in [0.4, 0.5) is 5.69 Å². The van der Waals surface area contributed by atoms with E-state index in [-0.39, 0.29) is 11.7 Å². The lowest BCUT2D eigenvalue weighted by Crippen LogP contribution is -2.10. The summed E-state index contributed by atoms with van der Waals surface area (Å²) in [7, 11) is 0. The van der Waals surface area contributed by atoms with Gasteiger partial charge in [-0.3, -0.25) is 9.59 Å². The van der Waals surface area contributed by atoms with Crippen molar-refractivity contribution in [2.45, 2.75) is 13.5 Å². The van der Waals surface area contributed by atoms with E-state index >= 15 is 0 Å². The number of ether oxygens (including phenoxy) is 1. The minimum absolute atomic E-state index is 0.000749. The number of hydrogen-bond donors (Lipinski definition) is 1. The van der Waals surface area contributed by atoms with Crippen molar-refractivity contribution in [1.82, 2.24) is 0 Å². The molecule has 1 aromatic heterocycles. The number of nitrogens with one attached hydrogen (secondary N) is 1. The molecule has 126 valence electrons. The van der Waals surface area contributed by atoms with Gasteiger partial charge in [-0.05, 0) is 54.8 Å². The monoisotopic (exact) mass is 351 g/mol. The fourth-order valence-electron chi connectivity index (χ4n) is 2.23. The maximum absolute atomic E-state index is 12.3. The molecule has 3 aromatic rings. The summed E-state index contributed by atoms with van der Waals surface area (Å²) in [5, 5.41) is 4.74. The molecule has 2 aromatic carbocycles. The van der Waals surface area contributed by atoms with Crippen LogP contribution in [0.1, 0.15) is 32.5 Å². The number of ketones is 1. The molecule has 25 heavy (non-hydrogen) atoms. The number of amides is 1. The summed E-state index contributed by atoms with van der Waals surface area (Å²) in [5.41, 5.74) is 2.23. The molecule has 0 spiro atoms. The maximum Gasteiger partial charge on any atom is 0.265 e. The Kier molecular flexibility index (Phi) is 5.26. The standard InChI is InChI=1S/C20H17NO3S/c1-14(22)16-7-9-17(10-8-16)21-20(23)19-11-15(13-25-19)12-24-18-5-3-2-4-6-18/h2-11,13H,12H2,1H3,(H,21,23). The number of thiophene rings is 1. The van der Waals surface area contributed by atoms with Crippen molar-refractivity contribution in [3.05, 3.63) is 82.0 Å². The van der Waals surface area contributed by atoms with Gasteiger partial charge >= 0.3 is 0 Å². The van der Waals surface area contributed by atoms with E-state index in [0.29, 0.717) is 22.7 Å². The number of rotatable bonds is 6. The van der Waals surface area contributed by atoms with Crippen LogP contribution in [0.25, 0.3) is 0 Å². The van der Waals surface area contributed by atoms with Crippen molar-refractivity contribution in [2.75, 3.05) is 5.32 Å². The molecule has 0 unspecified atom stereocenters. The van der Waals surface area contributed by atoms with Crippen LogP contribution in [0.2, 0.25) is 0 Å². The fraction of sp³-hybridized carbons (Fsp3) is 0.100. The summed E-state index contributed by atoms with van der Waals surface area (Å²) in [6.45, 7) is 1.93. The molecule has 0 bridgehead atoms. The molecular formula is C20H17NO3S. The first-order valence-electron chi connectivity index (χ1n) is 7.79. The van der Waals surface area contributed by atoms with E-state index in [1.54, 1.807) is 24.3 Å². The summed E-state index contributed by atoms with van der Waals surface area (Å²) >= 11 is 1.37. The lowest BCUT2D eigenvalue weighted by molar-refractivity contribution is 0.101. The third-order valence-electron chi connectivity index (χ3n) is 3.58. The normalized spacial score (nSPS) is 10.3. The number of carbonyl (C=O) groups is 2. The average molecular weight is 351 g/mol. The summed E-state index contributed by atoms with van der Waals surface area (Å²) in [6.07, 6.45) is 0. The minimum Gasteiger partial charge on any atom is -0.489 e. The summed E-state index contributed by atoms with van der Waals surface area (Å²) in [5.74, 6) is 0.621. The SMILES string of the molecule is CC(=O)c1ccc(NC(=O)c2cc(COc3ccccc3)cs2)cc1. The highest BCUT2D eigenvalue weighted by Crippen LogP contribution is 2.19. The molecule has 1 N–H and O–H groups in total. The van der Waals surface area contributed by atoms with Crippen LogP contribution in [0.5, 0.6) is 5.75 Å². The van der Waals surface area contributed by atoms with Gasteiger partial charge in [0.1, 0.15) is 12.4 Å². The summed E-state index contributed by atoms with van der Waals surface area (Å²) in [4.78, 5) is 24.2. The Balaban J connectivity index is 1.59. The minimum atomic E-state index is -0.175. The molecule has 0 aliphatic carbocycles. The van der Waals surface area contributed by atoms with Gasteiger partial charge in [0, 0.05) is 16.8 Å². The zero-order valence-corrected chi connectivity index (χ0v) is 14.5. The van der Waals surface area contributed by atoms with Gasteiger partial charge in [0.25, 0.3) is 5.91 Å². The molecule has 5 heteroatoms. The largest absolute Gasteiger partial charge is 0.489 e. The highest BCUT2D eigenvalue weighted by atomic mass is 32.1. The smallest absolute Gasteiger partial charge is 0.265 e. The Morgan fingerprint density at radius 1 is 1.04 bits per heavy atom. The second kappa shape index (κ2) is 7.77. The van der Waals surface area contributed by atoms with Gasteiger partial charge in [-0.2, -0.15) is 0 Å². The van der Waals surface area contributed by atoms with E-state index in [4.69, 9.17) is 4.74 Å². The average Bonchev–Trinajstić information content (AvgIpc) is 3.10. The lowest BCUT2D eigenvalue weighted by Gasteiger charge is -2.04. The van der Waals surface area contributed by atoms with Crippen molar-refractivity contribution in [3.8, 4) is 5.75 Å². The highest BCUT2D eigenvalue weighted by Gasteiger charge is 2.10. The van der Waals surface area contributed by atoms with E-state index in [2.05, 4.69) is 5.32 Å². The van der Waals surface area contributed by atoms with Crippen LogP contribution in [0, 0.1) is 0 Å². The molecule has 1 amide bonds. The van der Waals surface area contributed by atoms with Crippen molar-refractivity contribution >= 4 is 28.7 Å². The zero-order valence-electron chi connectivity index (χ0n) is 13.7. The lowest BCUT2D eigenvalue weighted by atomic mass is 10.1. The van der Waals surface area contributed by atoms with Gasteiger partial charge in [0.15, 0.2) is 5.78 Å². The predicted molar refractivity (Wildman–Crippen MR) is 99.5 cm³/mol. The van der Waals surface area contributed by atoms with E-state index in [0.717, 1.165) is 11.3 Å². The van der Waals surface area contributed by atoms with E-state index in [1.165, 1.54) is 18.3 Å². The van der Waals surface area contributed by atoms with Crippen LogP contribution < -0.4 is 10.1 Å².